The first-order valence-electron chi connectivity index (χ1n) is 13.5. The van der Waals surface area contributed by atoms with E-state index in [4.69, 9.17) is 0 Å². The molecule has 8 nitrogen and oxygen atoms in total. The smallest absolute Gasteiger partial charge is 0.387 e. The van der Waals surface area contributed by atoms with Crippen LogP contribution in [-0.2, 0) is 17.6 Å². The number of fused-ring (bicyclic) bond motifs is 4. The van der Waals surface area contributed by atoms with Crippen molar-refractivity contribution in [1.82, 2.24) is 19.7 Å². The molecule has 0 spiro atoms. The topological polar surface area (TPSA) is 89.1 Å². The lowest BCUT2D eigenvalue weighted by molar-refractivity contribution is -0.133. The van der Waals surface area contributed by atoms with Gasteiger partial charge in [-0.25, -0.2) is 4.79 Å². The number of imide groups is 1. The molecule has 1 aromatic heterocycles. The number of rotatable bonds is 7. The maximum absolute atomic E-state index is 13.9. The van der Waals surface area contributed by atoms with Gasteiger partial charge in [0.05, 0.1) is 6.04 Å². The second-order valence-electron chi connectivity index (χ2n) is 11.0. The predicted molar refractivity (Wildman–Crippen MR) is 141 cm³/mol. The molecule has 3 amide bonds. The van der Waals surface area contributed by atoms with Gasteiger partial charge in [-0.05, 0) is 80.7 Å². The highest BCUT2D eigenvalue weighted by Gasteiger charge is 2.59. The molecule has 2 fully saturated rings. The number of H-pyrrole nitrogens is 1. The largest absolute Gasteiger partial charge is 0.508 e. The van der Waals surface area contributed by atoms with Crippen LogP contribution in [0.3, 0.4) is 0 Å². The fourth-order valence-electron chi connectivity index (χ4n) is 6.55. The number of aromatic nitrogens is 1. The molecule has 0 radical (unpaired) electrons. The van der Waals surface area contributed by atoms with Crippen LogP contribution in [0.15, 0.2) is 42.5 Å². The van der Waals surface area contributed by atoms with E-state index in [0.29, 0.717) is 30.4 Å². The lowest BCUT2D eigenvalue weighted by Gasteiger charge is -2.42. The zero-order valence-corrected chi connectivity index (χ0v) is 21.8. The number of piperidine rings is 1. The molecular weight excluding hydrogens is 506 g/mol. The number of urea groups is 1. The van der Waals surface area contributed by atoms with E-state index in [9.17, 15) is 23.5 Å². The van der Waals surface area contributed by atoms with Gasteiger partial charge in [0.1, 0.15) is 17.0 Å². The van der Waals surface area contributed by atoms with Gasteiger partial charge in [0, 0.05) is 36.1 Å². The highest BCUT2D eigenvalue weighted by Crippen LogP contribution is 2.48. The summed E-state index contributed by atoms with van der Waals surface area (Å²) in [6, 6.07) is 10.7. The van der Waals surface area contributed by atoms with E-state index >= 15 is 0 Å². The normalized spacial score (nSPS) is 23.5. The Labute approximate surface area is 225 Å². The number of hydrogen-bond donors (Lipinski definition) is 2. The second kappa shape index (κ2) is 9.82. The van der Waals surface area contributed by atoms with Crippen LogP contribution >= 0.6 is 0 Å². The Kier molecular flexibility index (Phi) is 6.45. The fourth-order valence-corrected chi connectivity index (χ4v) is 6.55. The van der Waals surface area contributed by atoms with Crippen LogP contribution in [0.2, 0.25) is 0 Å². The molecule has 10 heteroatoms. The van der Waals surface area contributed by atoms with Crippen LogP contribution in [0.5, 0.6) is 11.5 Å². The van der Waals surface area contributed by atoms with Crippen LogP contribution in [0, 0.1) is 0 Å². The number of aromatic hydroxyl groups is 1. The third-order valence-electron chi connectivity index (χ3n) is 8.40. The molecule has 2 N–H and O–H groups in total. The number of aromatic amines is 1. The van der Waals surface area contributed by atoms with Crippen molar-refractivity contribution in [2.75, 3.05) is 26.2 Å². The SMILES string of the molecule is C[C@@]12Cc3c([nH]c4ccc(OC(F)F)cc34)C(Cc3cccc(O)c3)N1C(=O)N(CCN1CCCCC1)C2=O. The van der Waals surface area contributed by atoms with Crippen LogP contribution in [0.25, 0.3) is 10.9 Å². The minimum Gasteiger partial charge on any atom is -0.508 e. The van der Waals surface area contributed by atoms with E-state index in [1.807, 2.05) is 6.07 Å². The van der Waals surface area contributed by atoms with Gasteiger partial charge < -0.3 is 24.6 Å². The molecule has 206 valence electrons. The molecule has 2 saturated heterocycles. The summed E-state index contributed by atoms with van der Waals surface area (Å²) in [6.45, 7) is 1.75. The Hall–Kier alpha value is -3.66. The minimum atomic E-state index is -2.95. The molecule has 1 unspecified atom stereocenters. The first kappa shape index (κ1) is 25.6. The second-order valence-corrected chi connectivity index (χ2v) is 11.0. The number of amides is 3. The summed E-state index contributed by atoms with van der Waals surface area (Å²) >= 11 is 0. The van der Waals surface area contributed by atoms with Crippen molar-refractivity contribution in [2.24, 2.45) is 0 Å². The standard InChI is InChI=1S/C29H32F2N4O4/c1-29-17-22-21-16-20(39-27(30)31)8-9-23(21)32-25(22)24(15-18-6-5-7-19(36)14-18)35(29)28(38)34(26(29)37)13-12-33-10-3-2-4-11-33/h5-9,14,16,24,27,32,36H,2-4,10-13,15,17H2,1H3/t24?,29-/m0/s1. The number of phenolic OH excluding ortho intramolecular Hbond substituents is 1. The summed E-state index contributed by atoms with van der Waals surface area (Å²) < 4.78 is 30.6. The van der Waals surface area contributed by atoms with Gasteiger partial charge in [0.25, 0.3) is 5.91 Å². The van der Waals surface area contributed by atoms with Crippen molar-refractivity contribution in [2.45, 2.75) is 57.2 Å². The van der Waals surface area contributed by atoms with Crippen LogP contribution in [-0.4, -0.2) is 75.1 Å². The number of alkyl halides is 2. The monoisotopic (exact) mass is 538 g/mol. The van der Waals surface area contributed by atoms with Gasteiger partial charge in [-0.1, -0.05) is 18.6 Å². The number of hydrogen-bond acceptors (Lipinski definition) is 5. The molecule has 0 saturated carbocycles. The number of ether oxygens (including phenoxy) is 1. The average molecular weight is 539 g/mol. The van der Waals surface area contributed by atoms with Gasteiger partial charge in [-0.2, -0.15) is 8.78 Å². The lowest BCUT2D eigenvalue weighted by Crippen LogP contribution is -2.53. The number of nitrogens with one attached hydrogen (secondary N) is 1. The van der Waals surface area contributed by atoms with Gasteiger partial charge >= 0.3 is 12.6 Å². The van der Waals surface area contributed by atoms with Gasteiger partial charge in [0.15, 0.2) is 0 Å². The Morgan fingerprint density at radius 3 is 2.64 bits per heavy atom. The highest BCUT2D eigenvalue weighted by atomic mass is 19.3. The van der Waals surface area contributed by atoms with Crippen molar-refractivity contribution in [1.29, 1.82) is 0 Å². The molecule has 3 aromatic rings. The quantitative estimate of drug-likeness (QED) is 0.421. The van der Waals surface area contributed by atoms with E-state index in [0.717, 1.165) is 42.8 Å². The molecule has 0 aliphatic carbocycles. The zero-order valence-electron chi connectivity index (χ0n) is 21.8. The van der Waals surface area contributed by atoms with E-state index in [-0.39, 0.29) is 29.9 Å². The predicted octanol–water partition coefficient (Wildman–Crippen LogP) is 4.82. The van der Waals surface area contributed by atoms with Crippen molar-refractivity contribution in [3.8, 4) is 11.5 Å². The van der Waals surface area contributed by atoms with Crippen LogP contribution in [0.1, 0.15) is 49.0 Å². The first-order valence-corrected chi connectivity index (χ1v) is 13.5. The van der Waals surface area contributed by atoms with E-state index in [1.54, 1.807) is 42.2 Å². The maximum Gasteiger partial charge on any atom is 0.387 e. The Morgan fingerprint density at radius 1 is 1.10 bits per heavy atom. The molecule has 2 atom stereocenters. The van der Waals surface area contributed by atoms with Gasteiger partial charge in [-0.15, -0.1) is 0 Å². The fraction of sp³-hybridized carbons (Fsp3) is 0.448. The summed E-state index contributed by atoms with van der Waals surface area (Å²) in [5, 5.41) is 10.8. The van der Waals surface area contributed by atoms with E-state index in [2.05, 4.69) is 14.6 Å². The van der Waals surface area contributed by atoms with E-state index in [1.165, 1.54) is 17.4 Å². The number of likely N-dealkylation sites (tertiary alicyclic amines) is 1. The van der Waals surface area contributed by atoms with Gasteiger partial charge in [0.2, 0.25) is 0 Å². The summed E-state index contributed by atoms with van der Waals surface area (Å²) in [7, 11) is 0. The molecule has 2 aromatic carbocycles. The maximum atomic E-state index is 13.9. The van der Waals surface area contributed by atoms with Crippen molar-refractivity contribution in [3.63, 3.8) is 0 Å². The molecule has 6 rings (SSSR count). The van der Waals surface area contributed by atoms with Gasteiger partial charge in [-0.3, -0.25) is 9.69 Å². The molecule has 39 heavy (non-hydrogen) atoms. The summed E-state index contributed by atoms with van der Waals surface area (Å²) in [4.78, 5) is 36.7. The molecule has 3 aliphatic rings. The lowest BCUT2D eigenvalue weighted by atomic mass is 9.81. The minimum absolute atomic E-state index is 0.0356. The summed E-state index contributed by atoms with van der Waals surface area (Å²) in [5.74, 6) is -0.0949. The van der Waals surface area contributed by atoms with E-state index < -0.39 is 18.2 Å². The number of halogens is 2. The number of carbonyl (C=O) groups excluding carboxylic acids is 2. The Bertz CT molecular complexity index is 1420. The number of benzene rings is 2. The summed E-state index contributed by atoms with van der Waals surface area (Å²) in [5.41, 5.74) is 1.96. The molecule has 3 aliphatic heterocycles. The number of nitrogens with zero attached hydrogens (tertiary/aromatic N) is 3. The molecule has 4 heterocycles. The molecule has 0 bridgehead atoms. The average Bonchev–Trinajstić information content (AvgIpc) is 3.34. The Morgan fingerprint density at radius 2 is 1.90 bits per heavy atom. The van der Waals surface area contributed by atoms with Crippen molar-refractivity contribution >= 4 is 22.8 Å². The third kappa shape index (κ3) is 4.50. The number of phenols is 1. The number of carbonyl (C=O) groups is 2. The zero-order chi connectivity index (χ0) is 27.3. The first-order chi connectivity index (χ1) is 18.7. The van der Waals surface area contributed by atoms with Crippen molar-refractivity contribution in [3.05, 3.63) is 59.3 Å². The van der Waals surface area contributed by atoms with Crippen LogP contribution in [0.4, 0.5) is 13.6 Å². The highest BCUT2D eigenvalue weighted by molar-refractivity contribution is 6.08. The third-order valence-corrected chi connectivity index (χ3v) is 8.40. The Balaban J connectivity index is 1.40. The molecular formula is C29H32F2N4O4. The van der Waals surface area contributed by atoms with Crippen LogP contribution < -0.4 is 4.74 Å². The van der Waals surface area contributed by atoms with Crippen molar-refractivity contribution < 1.29 is 28.2 Å². The summed E-state index contributed by atoms with van der Waals surface area (Å²) in [6.07, 6.45) is 4.06.